The Morgan fingerprint density at radius 2 is 2.31 bits per heavy atom. The number of carbonyl (C=O) groups is 2. The van der Waals surface area contributed by atoms with E-state index in [4.69, 9.17) is 5.11 Å². The second kappa shape index (κ2) is 3.75. The number of ether oxygens (including phenoxy) is 1. The van der Waals surface area contributed by atoms with Crippen LogP contribution in [0.15, 0.2) is 16.7 Å². The van der Waals surface area contributed by atoms with Crippen LogP contribution in [-0.2, 0) is 4.74 Å². The third kappa shape index (κ3) is 1.87. The molecular weight excluding hydrogens is 176 g/mol. The first kappa shape index (κ1) is 9.31. The van der Waals surface area contributed by atoms with E-state index in [9.17, 15) is 9.59 Å². The molecule has 0 bridgehead atoms. The Balaban J connectivity index is 2.93. The van der Waals surface area contributed by atoms with Crippen LogP contribution in [-0.4, -0.2) is 23.7 Å². The van der Waals surface area contributed by atoms with Crippen molar-refractivity contribution >= 4 is 11.9 Å². The van der Waals surface area contributed by atoms with Gasteiger partial charge in [-0.1, -0.05) is 0 Å². The molecule has 1 aromatic rings. The molecule has 0 saturated carbocycles. The molecule has 0 spiro atoms. The van der Waals surface area contributed by atoms with Gasteiger partial charge in [0, 0.05) is 0 Å². The lowest BCUT2D eigenvalue weighted by atomic mass is 10.2. The molecule has 0 aromatic carbocycles. The number of hydrogen-bond acceptors (Lipinski definition) is 4. The molecule has 1 N–H and O–H groups in total. The zero-order valence-corrected chi connectivity index (χ0v) is 6.94. The van der Waals surface area contributed by atoms with Crippen molar-refractivity contribution in [2.75, 3.05) is 6.61 Å². The van der Waals surface area contributed by atoms with Crippen LogP contribution in [0.3, 0.4) is 0 Å². The summed E-state index contributed by atoms with van der Waals surface area (Å²) in [6, 6.07) is 1.20. The number of rotatable bonds is 3. The largest absolute Gasteiger partial charge is 0.478 e. The summed E-state index contributed by atoms with van der Waals surface area (Å²) in [5.74, 6) is -2.24. The van der Waals surface area contributed by atoms with Crippen molar-refractivity contribution in [1.82, 2.24) is 0 Å². The Hall–Kier alpha value is -1.78. The molecule has 5 heteroatoms. The highest BCUT2D eigenvalue weighted by atomic mass is 16.5. The Kier molecular flexibility index (Phi) is 2.69. The standard InChI is InChI=1S/C8H8O5/c1-2-12-8(11)6-5(7(9)10)3-4-13-6/h3-4H,2H2,1H3,(H,9,10). The number of hydrogen-bond donors (Lipinski definition) is 1. The summed E-state index contributed by atoms with van der Waals surface area (Å²) in [7, 11) is 0. The number of esters is 1. The van der Waals surface area contributed by atoms with Crippen molar-refractivity contribution < 1.29 is 23.8 Å². The lowest BCUT2D eigenvalue weighted by Crippen LogP contribution is -2.08. The molecule has 0 aliphatic carbocycles. The van der Waals surface area contributed by atoms with Gasteiger partial charge < -0.3 is 14.3 Å². The molecule has 1 heterocycles. The zero-order chi connectivity index (χ0) is 9.84. The van der Waals surface area contributed by atoms with Crippen molar-refractivity contribution in [3.05, 3.63) is 23.7 Å². The van der Waals surface area contributed by atoms with Crippen LogP contribution in [0.2, 0.25) is 0 Å². The van der Waals surface area contributed by atoms with Crippen molar-refractivity contribution in [2.45, 2.75) is 6.92 Å². The Morgan fingerprint density at radius 3 is 2.85 bits per heavy atom. The SMILES string of the molecule is CCOC(=O)c1occc1C(=O)O. The van der Waals surface area contributed by atoms with Gasteiger partial charge in [0.05, 0.1) is 12.9 Å². The third-order valence-corrected chi connectivity index (χ3v) is 1.36. The van der Waals surface area contributed by atoms with Crippen LogP contribution in [0, 0.1) is 0 Å². The lowest BCUT2D eigenvalue weighted by molar-refractivity contribution is 0.0478. The second-order valence-corrected chi connectivity index (χ2v) is 2.19. The van der Waals surface area contributed by atoms with Gasteiger partial charge in [-0.25, -0.2) is 9.59 Å². The fourth-order valence-corrected chi connectivity index (χ4v) is 0.832. The van der Waals surface area contributed by atoms with Crippen molar-refractivity contribution in [2.24, 2.45) is 0 Å². The van der Waals surface area contributed by atoms with Gasteiger partial charge in [0.15, 0.2) is 0 Å². The van der Waals surface area contributed by atoms with Crippen LogP contribution in [0.1, 0.15) is 27.8 Å². The molecule has 0 fully saturated rings. The highest BCUT2D eigenvalue weighted by Gasteiger charge is 2.20. The number of carbonyl (C=O) groups excluding carboxylic acids is 1. The highest BCUT2D eigenvalue weighted by Crippen LogP contribution is 2.11. The van der Waals surface area contributed by atoms with E-state index in [2.05, 4.69) is 9.15 Å². The van der Waals surface area contributed by atoms with Gasteiger partial charge >= 0.3 is 11.9 Å². The molecule has 0 saturated heterocycles. The van der Waals surface area contributed by atoms with Gasteiger partial charge in [-0.3, -0.25) is 0 Å². The molecule has 0 atom stereocenters. The molecule has 1 rings (SSSR count). The maximum atomic E-state index is 11.1. The van der Waals surface area contributed by atoms with Crippen molar-refractivity contribution in [1.29, 1.82) is 0 Å². The van der Waals surface area contributed by atoms with Gasteiger partial charge in [-0.2, -0.15) is 0 Å². The minimum absolute atomic E-state index is 0.179. The first-order valence-corrected chi connectivity index (χ1v) is 3.64. The van der Waals surface area contributed by atoms with E-state index >= 15 is 0 Å². The first-order valence-electron chi connectivity index (χ1n) is 3.64. The minimum Gasteiger partial charge on any atom is -0.478 e. The summed E-state index contributed by atoms with van der Waals surface area (Å²) >= 11 is 0. The summed E-state index contributed by atoms with van der Waals surface area (Å²) < 4.78 is 9.27. The molecule has 5 nitrogen and oxygen atoms in total. The maximum absolute atomic E-state index is 11.1. The predicted molar refractivity (Wildman–Crippen MR) is 41.6 cm³/mol. The van der Waals surface area contributed by atoms with Gasteiger partial charge in [0.1, 0.15) is 5.56 Å². The molecule has 70 valence electrons. The molecule has 13 heavy (non-hydrogen) atoms. The van der Waals surface area contributed by atoms with Crippen LogP contribution in [0.5, 0.6) is 0 Å². The second-order valence-electron chi connectivity index (χ2n) is 2.19. The van der Waals surface area contributed by atoms with E-state index in [1.165, 1.54) is 6.07 Å². The maximum Gasteiger partial charge on any atom is 0.375 e. The van der Waals surface area contributed by atoms with Gasteiger partial charge in [0.25, 0.3) is 0 Å². The summed E-state index contributed by atoms with van der Waals surface area (Å²) in [6.45, 7) is 1.81. The van der Waals surface area contributed by atoms with Gasteiger partial charge in [0.2, 0.25) is 5.76 Å². The van der Waals surface area contributed by atoms with E-state index in [-0.39, 0.29) is 17.9 Å². The molecule has 0 unspecified atom stereocenters. The van der Waals surface area contributed by atoms with E-state index in [0.29, 0.717) is 0 Å². The summed E-state index contributed by atoms with van der Waals surface area (Å²) in [4.78, 5) is 21.6. The van der Waals surface area contributed by atoms with E-state index in [1.54, 1.807) is 6.92 Å². The Bertz CT molecular complexity index is 325. The summed E-state index contributed by atoms with van der Waals surface area (Å²) in [5.41, 5.74) is -0.182. The fraction of sp³-hybridized carbons (Fsp3) is 0.250. The highest BCUT2D eigenvalue weighted by molar-refractivity contribution is 6.00. The first-order chi connectivity index (χ1) is 6.16. The molecule has 0 aliphatic rings. The average Bonchev–Trinajstić information content (AvgIpc) is 2.52. The number of furan rings is 1. The molecule has 0 amide bonds. The molecule has 0 aliphatic heterocycles. The van der Waals surface area contributed by atoms with Gasteiger partial charge in [-0.15, -0.1) is 0 Å². The number of aromatic carboxylic acids is 1. The monoisotopic (exact) mass is 184 g/mol. The summed E-state index contributed by atoms with van der Waals surface area (Å²) in [5, 5.41) is 8.60. The van der Waals surface area contributed by atoms with E-state index in [0.717, 1.165) is 6.26 Å². The van der Waals surface area contributed by atoms with Crippen LogP contribution in [0.25, 0.3) is 0 Å². The third-order valence-electron chi connectivity index (χ3n) is 1.36. The van der Waals surface area contributed by atoms with Crippen LogP contribution in [0.4, 0.5) is 0 Å². The Labute approximate surface area is 73.9 Å². The predicted octanol–water partition coefficient (Wildman–Crippen LogP) is 1.15. The fourth-order valence-electron chi connectivity index (χ4n) is 0.832. The van der Waals surface area contributed by atoms with E-state index in [1.807, 2.05) is 0 Å². The topological polar surface area (TPSA) is 76.7 Å². The lowest BCUT2D eigenvalue weighted by Gasteiger charge is -1.98. The van der Waals surface area contributed by atoms with Crippen molar-refractivity contribution in [3.8, 4) is 0 Å². The molecule has 1 aromatic heterocycles. The van der Waals surface area contributed by atoms with Gasteiger partial charge in [-0.05, 0) is 13.0 Å². The van der Waals surface area contributed by atoms with Crippen molar-refractivity contribution in [3.63, 3.8) is 0 Å². The van der Waals surface area contributed by atoms with E-state index < -0.39 is 11.9 Å². The van der Waals surface area contributed by atoms with Crippen LogP contribution >= 0.6 is 0 Å². The minimum atomic E-state index is -1.21. The molecule has 0 radical (unpaired) electrons. The normalized spacial score (nSPS) is 9.62. The molecular formula is C8H8O5. The smallest absolute Gasteiger partial charge is 0.375 e. The number of carboxylic acid groups (broad SMARTS) is 1. The quantitative estimate of drug-likeness (QED) is 0.713. The average molecular weight is 184 g/mol. The number of carboxylic acids is 1. The van der Waals surface area contributed by atoms with Crippen LogP contribution < -0.4 is 0 Å². The Morgan fingerprint density at radius 1 is 1.62 bits per heavy atom. The zero-order valence-electron chi connectivity index (χ0n) is 6.94. The summed E-state index contributed by atoms with van der Waals surface area (Å²) in [6.07, 6.45) is 1.13.